The van der Waals surface area contributed by atoms with Gasteiger partial charge in [-0.25, -0.2) is 0 Å². The van der Waals surface area contributed by atoms with Crippen molar-refractivity contribution in [2.24, 2.45) is 0 Å². The average molecular weight is 398 g/mol. The molecule has 4 aromatic rings. The van der Waals surface area contributed by atoms with E-state index in [1.807, 2.05) is 36.5 Å². The largest absolute Gasteiger partial charge is 0.497 e. The summed E-state index contributed by atoms with van der Waals surface area (Å²) in [6.45, 7) is 0.385. The first-order valence-electron chi connectivity index (χ1n) is 9.62. The van der Waals surface area contributed by atoms with Crippen molar-refractivity contribution in [2.75, 3.05) is 14.2 Å². The maximum Gasteiger partial charge on any atom is 0.251 e. The molecule has 1 N–H and O–H groups in total. The van der Waals surface area contributed by atoms with Crippen LogP contribution in [-0.2, 0) is 6.54 Å². The number of nitrogens with one attached hydrogen (secondary N) is 1. The van der Waals surface area contributed by atoms with E-state index in [1.165, 1.54) is 0 Å². The fourth-order valence-corrected chi connectivity index (χ4v) is 3.49. The van der Waals surface area contributed by atoms with Crippen LogP contribution in [-0.4, -0.2) is 25.1 Å². The first kappa shape index (κ1) is 19.5. The number of nitrogens with zero attached hydrogens (tertiary/aromatic N) is 1. The molecule has 0 saturated carbocycles. The van der Waals surface area contributed by atoms with Crippen molar-refractivity contribution >= 4 is 16.7 Å². The molecule has 0 aliphatic rings. The predicted octanol–water partition coefficient (Wildman–Crippen LogP) is 4.85. The van der Waals surface area contributed by atoms with Crippen LogP contribution in [0.25, 0.3) is 21.9 Å². The van der Waals surface area contributed by atoms with Crippen molar-refractivity contribution in [1.29, 1.82) is 0 Å². The van der Waals surface area contributed by atoms with Crippen LogP contribution in [0.4, 0.5) is 0 Å². The SMILES string of the molecule is COc1cc(OC)cc(C(=O)NCc2ccc(-c3ccccc3)c3ccncc23)c1. The molecule has 0 radical (unpaired) electrons. The second-order valence-corrected chi connectivity index (χ2v) is 6.84. The number of carbonyl (C=O) groups is 1. The van der Waals surface area contributed by atoms with Crippen LogP contribution in [0.2, 0.25) is 0 Å². The van der Waals surface area contributed by atoms with Crippen LogP contribution in [0.5, 0.6) is 11.5 Å². The molecule has 0 spiro atoms. The van der Waals surface area contributed by atoms with Crippen molar-refractivity contribution in [3.63, 3.8) is 0 Å². The van der Waals surface area contributed by atoms with Gasteiger partial charge in [-0.2, -0.15) is 0 Å². The Balaban J connectivity index is 1.62. The molecule has 0 bridgehead atoms. The lowest BCUT2D eigenvalue weighted by Gasteiger charge is -2.13. The van der Waals surface area contributed by atoms with Gasteiger partial charge < -0.3 is 14.8 Å². The van der Waals surface area contributed by atoms with Gasteiger partial charge >= 0.3 is 0 Å². The second kappa shape index (κ2) is 8.66. The van der Waals surface area contributed by atoms with E-state index >= 15 is 0 Å². The predicted molar refractivity (Wildman–Crippen MR) is 118 cm³/mol. The molecule has 0 aliphatic heterocycles. The third kappa shape index (κ3) is 3.96. The van der Waals surface area contributed by atoms with E-state index < -0.39 is 0 Å². The number of carbonyl (C=O) groups excluding carboxylic acids is 1. The van der Waals surface area contributed by atoms with Crippen molar-refractivity contribution in [3.8, 4) is 22.6 Å². The smallest absolute Gasteiger partial charge is 0.251 e. The number of hydrogen-bond donors (Lipinski definition) is 1. The summed E-state index contributed by atoms with van der Waals surface area (Å²) < 4.78 is 10.5. The molecule has 1 amide bonds. The summed E-state index contributed by atoms with van der Waals surface area (Å²) >= 11 is 0. The highest BCUT2D eigenvalue weighted by Gasteiger charge is 2.12. The topological polar surface area (TPSA) is 60.5 Å². The summed E-state index contributed by atoms with van der Waals surface area (Å²) in [5, 5.41) is 5.11. The van der Waals surface area contributed by atoms with Crippen molar-refractivity contribution < 1.29 is 14.3 Å². The molecular formula is C25H22N2O3. The van der Waals surface area contributed by atoms with Gasteiger partial charge in [-0.3, -0.25) is 9.78 Å². The van der Waals surface area contributed by atoms with Gasteiger partial charge in [0.15, 0.2) is 0 Å². The molecule has 3 aromatic carbocycles. The number of pyridine rings is 1. The van der Waals surface area contributed by atoms with Crippen LogP contribution in [0.3, 0.4) is 0 Å². The molecule has 5 heteroatoms. The van der Waals surface area contributed by atoms with Crippen molar-refractivity contribution in [2.45, 2.75) is 6.54 Å². The number of benzene rings is 3. The Bertz CT molecular complexity index is 1170. The summed E-state index contributed by atoms with van der Waals surface area (Å²) in [6, 6.07) is 21.5. The van der Waals surface area contributed by atoms with Gasteiger partial charge in [-0.1, -0.05) is 42.5 Å². The van der Waals surface area contributed by atoms with Crippen LogP contribution >= 0.6 is 0 Å². The van der Waals surface area contributed by atoms with Gasteiger partial charge in [0.25, 0.3) is 5.91 Å². The normalized spacial score (nSPS) is 10.6. The molecule has 0 fully saturated rings. The molecule has 5 nitrogen and oxygen atoms in total. The molecule has 0 unspecified atom stereocenters. The average Bonchev–Trinajstić information content (AvgIpc) is 2.82. The van der Waals surface area contributed by atoms with Gasteiger partial charge in [-0.15, -0.1) is 0 Å². The number of fused-ring (bicyclic) bond motifs is 1. The molecule has 0 saturated heterocycles. The molecule has 30 heavy (non-hydrogen) atoms. The molecule has 4 rings (SSSR count). The van der Waals surface area contributed by atoms with Gasteiger partial charge in [0, 0.05) is 36.0 Å². The number of amides is 1. The molecule has 150 valence electrons. The van der Waals surface area contributed by atoms with Gasteiger partial charge in [0.2, 0.25) is 0 Å². The Morgan fingerprint density at radius 2 is 1.63 bits per heavy atom. The number of hydrogen-bond acceptors (Lipinski definition) is 4. The number of aromatic nitrogens is 1. The van der Waals surface area contributed by atoms with E-state index in [1.54, 1.807) is 38.6 Å². The van der Waals surface area contributed by atoms with E-state index in [-0.39, 0.29) is 5.91 Å². The highest BCUT2D eigenvalue weighted by molar-refractivity contribution is 5.99. The number of methoxy groups -OCH3 is 2. The first-order valence-corrected chi connectivity index (χ1v) is 9.62. The summed E-state index contributed by atoms with van der Waals surface area (Å²) in [7, 11) is 3.12. The van der Waals surface area contributed by atoms with E-state index in [0.717, 1.165) is 27.5 Å². The van der Waals surface area contributed by atoms with Gasteiger partial charge in [0.05, 0.1) is 14.2 Å². The zero-order chi connectivity index (χ0) is 20.9. The first-order chi connectivity index (χ1) is 14.7. The lowest BCUT2D eigenvalue weighted by molar-refractivity contribution is 0.0950. The fraction of sp³-hybridized carbons (Fsp3) is 0.120. The third-order valence-electron chi connectivity index (χ3n) is 5.05. The third-order valence-corrected chi connectivity index (χ3v) is 5.05. The Labute approximate surface area is 175 Å². The standard InChI is InChI=1S/C25H22N2O3/c1-29-20-12-19(13-21(14-20)30-2)25(28)27-15-18-8-9-22(17-6-4-3-5-7-17)23-10-11-26-16-24(18)23/h3-14,16H,15H2,1-2H3,(H,27,28). The van der Waals surface area contributed by atoms with Crippen molar-refractivity contribution in [1.82, 2.24) is 10.3 Å². The highest BCUT2D eigenvalue weighted by Crippen LogP contribution is 2.30. The molecule has 1 heterocycles. The van der Waals surface area contributed by atoms with Gasteiger partial charge in [0.1, 0.15) is 11.5 Å². The molecular weight excluding hydrogens is 376 g/mol. The van der Waals surface area contributed by atoms with Crippen LogP contribution in [0, 0.1) is 0 Å². The van der Waals surface area contributed by atoms with Gasteiger partial charge in [-0.05, 0) is 40.3 Å². The van der Waals surface area contributed by atoms with Crippen LogP contribution in [0.1, 0.15) is 15.9 Å². The van der Waals surface area contributed by atoms with E-state index in [9.17, 15) is 4.79 Å². The highest BCUT2D eigenvalue weighted by atomic mass is 16.5. The van der Waals surface area contributed by atoms with E-state index in [4.69, 9.17) is 9.47 Å². The minimum Gasteiger partial charge on any atom is -0.497 e. The zero-order valence-electron chi connectivity index (χ0n) is 16.9. The zero-order valence-corrected chi connectivity index (χ0v) is 16.9. The summed E-state index contributed by atoms with van der Waals surface area (Å²) in [4.78, 5) is 17.0. The number of rotatable bonds is 6. The summed E-state index contributed by atoms with van der Waals surface area (Å²) in [5.74, 6) is 0.944. The maximum atomic E-state index is 12.7. The van der Waals surface area contributed by atoms with Crippen LogP contribution in [0.15, 0.2) is 79.1 Å². The Hall–Kier alpha value is -3.86. The minimum atomic E-state index is -0.198. The Morgan fingerprint density at radius 3 is 2.33 bits per heavy atom. The fourth-order valence-electron chi connectivity index (χ4n) is 3.49. The summed E-state index contributed by atoms with van der Waals surface area (Å²) in [6.07, 6.45) is 3.64. The molecule has 1 aromatic heterocycles. The monoisotopic (exact) mass is 398 g/mol. The quantitative estimate of drug-likeness (QED) is 0.504. The Morgan fingerprint density at radius 1 is 0.900 bits per heavy atom. The van der Waals surface area contributed by atoms with E-state index in [0.29, 0.717) is 23.6 Å². The Kier molecular flexibility index (Phi) is 5.61. The molecule has 0 aliphatic carbocycles. The second-order valence-electron chi connectivity index (χ2n) is 6.84. The van der Waals surface area contributed by atoms with Crippen molar-refractivity contribution in [3.05, 3.63) is 90.3 Å². The molecule has 0 atom stereocenters. The van der Waals surface area contributed by atoms with Crippen LogP contribution < -0.4 is 14.8 Å². The maximum absolute atomic E-state index is 12.7. The van der Waals surface area contributed by atoms with E-state index in [2.05, 4.69) is 28.5 Å². The lowest BCUT2D eigenvalue weighted by atomic mass is 9.96. The number of ether oxygens (including phenoxy) is 2. The lowest BCUT2D eigenvalue weighted by Crippen LogP contribution is -2.23. The summed E-state index contributed by atoms with van der Waals surface area (Å²) in [5.41, 5.74) is 3.77. The minimum absolute atomic E-state index is 0.198.